The van der Waals surface area contributed by atoms with Crippen LogP contribution in [-0.4, -0.2) is 33.2 Å². The molecular formula is C26H38O5. The standard InChI is InChI=1S/C26H38O5/c1-14(2)9-10-25-12-18-23(5,6)17(24(7,8)31)13-26(18,22(25)30)21(29)19(20(25)28)16(27)11-15(3)4/h9,15,17-18,29,31H,10-13H2,1-8H3/t17-,18+,25?,26-/m1/s1. The van der Waals surface area contributed by atoms with E-state index in [1.165, 1.54) is 0 Å². The lowest BCUT2D eigenvalue weighted by Gasteiger charge is -2.40. The summed E-state index contributed by atoms with van der Waals surface area (Å²) >= 11 is 0. The largest absolute Gasteiger partial charge is 0.510 e. The predicted molar refractivity (Wildman–Crippen MR) is 119 cm³/mol. The molecule has 0 heterocycles. The van der Waals surface area contributed by atoms with Gasteiger partial charge in [-0.25, -0.2) is 0 Å². The van der Waals surface area contributed by atoms with Crippen LogP contribution < -0.4 is 0 Å². The minimum Gasteiger partial charge on any atom is -0.510 e. The molecular weight excluding hydrogens is 392 g/mol. The Balaban J connectivity index is 2.28. The molecule has 0 aromatic carbocycles. The molecule has 0 amide bonds. The number of fused-ring (bicyclic) bond motifs is 1. The topological polar surface area (TPSA) is 91.7 Å². The van der Waals surface area contributed by atoms with Crippen LogP contribution in [0.5, 0.6) is 0 Å². The van der Waals surface area contributed by atoms with Gasteiger partial charge in [0.15, 0.2) is 17.3 Å². The summed E-state index contributed by atoms with van der Waals surface area (Å²) in [5.41, 5.74) is -3.30. The molecule has 2 N–H and O–H groups in total. The van der Waals surface area contributed by atoms with Crippen LogP contribution >= 0.6 is 0 Å². The van der Waals surface area contributed by atoms with Gasteiger partial charge in [0.2, 0.25) is 0 Å². The second kappa shape index (κ2) is 7.13. The van der Waals surface area contributed by atoms with Gasteiger partial charge >= 0.3 is 0 Å². The highest BCUT2D eigenvalue weighted by Crippen LogP contribution is 2.73. The first-order valence-electron chi connectivity index (χ1n) is 11.5. The first kappa shape index (κ1) is 23.9. The summed E-state index contributed by atoms with van der Waals surface area (Å²) in [6.07, 6.45) is 2.85. The van der Waals surface area contributed by atoms with E-state index in [9.17, 15) is 24.6 Å². The molecule has 2 fully saturated rings. The number of carbonyl (C=O) groups is 3. The van der Waals surface area contributed by atoms with Gasteiger partial charge in [-0.2, -0.15) is 0 Å². The van der Waals surface area contributed by atoms with Gasteiger partial charge in [-0.1, -0.05) is 39.3 Å². The molecule has 1 unspecified atom stereocenters. The molecule has 4 atom stereocenters. The van der Waals surface area contributed by atoms with Crippen LogP contribution in [0.2, 0.25) is 0 Å². The van der Waals surface area contributed by atoms with E-state index in [-0.39, 0.29) is 59.9 Å². The Labute approximate surface area is 186 Å². The van der Waals surface area contributed by atoms with Gasteiger partial charge in [0, 0.05) is 6.42 Å². The van der Waals surface area contributed by atoms with Crippen molar-refractivity contribution in [1.82, 2.24) is 0 Å². The van der Waals surface area contributed by atoms with Crippen LogP contribution in [0.3, 0.4) is 0 Å². The van der Waals surface area contributed by atoms with E-state index in [2.05, 4.69) is 0 Å². The zero-order chi connectivity index (χ0) is 23.7. The average molecular weight is 431 g/mol. The van der Waals surface area contributed by atoms with Crippen molar-refractivity contribution in [1.29, 1.82) is 0 Å². The number of carbonyl (C=O) groups excluding carboxylic acids is 3. The van der Waals surface area contributed by atoms with Crippen molar-refractivity contribution in [2.75, 3.05) is 0 Å². The highest BCUT2D eigenvalue weighted by Gasteiger charge is 2.78. The molecule has 2 bridgehead atoms. The summed E-state index contributed by atoms with van der Waals surface area (Å²) in [5, 5.41) is 22.4. The molecule has 31 heavy (non-hydrogen) atoms. The third kappa shape index (κ3) is 3.18. The molecule has 3 aliphatic rings. The van der Waals surface area contributed by atoms with Gasteiger partial charge in [0.05, 0.1) is 16.4 Å². The van der Waals surface area contributed by atoms with E-state index in [1.807, 2.05) is 47.6 Å². The number of hydrogen-bond acceptors (Lipinski definition) is 5. The van der Waals surface area contributed by atoms with Gasteiger partial charge in [-0.05, 0) is 70.1 Å². The molecule has 0 saturated heterocycles. The number of rotatable bonds is 6. The van der Waals surface area contributed by atoms with E-state index in [4.69, 9.17) is 0 Å². The summed E-state index contributed by atoms with van der Waals surface area (Å²) < 4.78 is 0. The van der Waals surface area contributed by atoms with E-state index >= 15 is 0 Å². The quantitative estimate of drug-likeness (QED) is 0.361. The molecule has 2 saturated carbocycles. The van der Waals surface area contributed by atoms with E-state index in [1.54, 1.807) is 13.8 Å². The Bertz CT molecular complexity index is 893. The number of ketones is 3. The first-order chi connectivity index (χ1) is 14.0. The number of allylic oxidation sites excluding steroid dienone is 4. The minimum absolute atomic E-state index is 0.0297. The van der Waals surface area contributed by atoms with Gasteiger partial charge in [-0.15, -0.1) is 0 Å². The Hall–Kier alpha value is -1.75. The fourth-order valence-corrected chi connectivity index (χ4v) is 6.84. The van der Waals surface area contributed by atoms with Crippen molar-refractivity contribution in [2.45, 2.75) is 86.7 Å². The van der Waals surface area contributed by atoms with Gasteiger partial charge in [-0.3, -0.25) is 14.4 Å². The Morgan fingerprint density at radius 1 is 1.19 bits per heavy atom. The summed E-state index contributed by atoms with van der Waals surface area (Å²) in [7, 11) is 0. The number of aliphatic hydroxyl groups excluding tert-OH is 1. The van der Waals surface area contributed by atoms with Crippen molar-refractivity contribution in [3.63, 3.8) is 0 Å². The molecule has 0 aromatic heterocycles. The maximum atomic E-state index is 14.1. The van der Waals surface area contributed by atoms with Crippen LogP contribution in [0.1, 0.15) is 81.1 Å². The second-order valence-corrected chi connectivity index (χ2v) is 11.9. The summed E-state index contributed by atoms with van der Waals surface area (Å²) in [5.74, 6) is -2.02. The molecule has 5 nitrogen and oxygen atoms in total. The fourth-order valence-electron chi connectivity index (χ4n) is 6.84. The van der Waals surface area contributed by atoms with Crippen molar-refractivity contribution in [3.05, 3.63) is 23.0 Å². The number of hydrogen-bond donors (Lipinski definition) is 2. The summed E-state index contributed by atoms with van der Waals surface area (Å²) in [6, 6.07) is 0. The Kier molecular flexibility index (Phi) is 5.50. The average Bonchev–Trinajstić information content (AvgIpc) is 2.97. The van der Waals surface area contributed by atoms with Gasteiger partial charge < -0.3 is 10.2 Å². The van der Waals surface area contributed by atoms with Crippen molar-refractivity contribution in [3.8, 4) is 0 Å². The third-order valence-electron chi connectivity index (χ3n) is 8.21. The van der Waals surface area contributed by atoms with Crippen LogP contribution in [0.4, 0.5) is 0 Å². The summed E-state index contributed by atoms with van der Waals surface area (Å²) in [4.78, 5) is 40.9. The van der Waals surface area contributed by atoms with Crippen molar-refractivity contribution in [2.24, 2.45) is 34.0 Å². The number of Topliss-reactive ketones (excluding diaryl/α,β-unsaturated/α-hetero) is 3. The normalized spacial score (nSPS) is 34.4. The molecule has 0 aliphatic heterocycles. The van der Waals surface area contributed by atoms with Crippen LogP contribution in [0, 0.1) is 34.0 Å². The minimum atomic E-state index is -1.31. The SMILES string of the molecule is CC(C)=CCC12C[C@H]3C(C)(C)[C@H](C(C)(C)O)C[C@]3(C1=O)C(O)=C(C(=O)CC(C)C)C2=O. The lowest BCUT2D eigenvalue weighted by atomic mass is 9.62. The van der Waals surface area contributed by atoms with E-state index < -0.39 is 27.6 Å². The van der Waals surface area contributed by atoms with Gasteiger partial charge in [0.1, 0.15) is 11.3 Å². The monoisotopic (exact) mass is 430 g/mol. The molecule has 0 radical (unpaired) electrons. The van der Waals surface area contributed by atoms with Crippen LogP contribution in [0.25, 0.3) is 0 Å². The molecule has 3 aliphatic carbocycles. The lowest BCUT2D eigenvalue weighted by molar-refractivity contribution is -0.144. The zero-order valence-corrected chi connectivity index (χ0v) is 20.3. The Morgan fingerprint density at radius 2 is 1.77 bits per heavy atom. The Morgan fingerprint density at radius 3 is 2.26 bits per heavy atom. The second-order valence-electron chi connectivity index (χ2n) is 11.9. The van der Waals surface area contributed by atoms with E-state index in [0.29, 0.717) is 6.42 Å². The highest BCUT2D eigenvalue weighted by molar-refractivity contribution is 6.32. The maximum absolute atomic E-state index is 14.1. The molecule has 172 valence electrons. The molecule has 1 spiro atoms. The van der Waals surface area contributed by atoms with Gasteiger partial charge in [0.25, 0.3) is 0 Å². The maximum Gasteiger partial charge on any atom is 0.183 e. The van der Waals surface area contributed by atoms with Crippen molar-refractivity contribution >= 4 is 17.3 Å². The highest BCUT2D eigenvalue weighted by atomic mass is 16.3. The first-order valence-corrected chi connectivity index (χ1v) is 11.5. The molecule has 0 aromatic rings. The predicted octanol–water partition coefficient (Wildman–Crippen LogP) is 4.73. The van der Waals surface area contributed by atoms with Crippen LogP contribution in [-0.2, 0) is 14.4 Å². The smallest absolute Gasteiger partial charge is 0.183 e. The van der Waals surface area contributed by atoms with E-state index in [0.717, 1.165) is 5.57 Å². The van der Waals surface area contributed by atoms with Crippen LogP contribution in [0.15, 0.2) is 23.0 Å². The summed E-state index contributed by atoms with van der Waals surface area (Å²) in [6.45, 7) is 15.1. The molecule has 3 rings (SSSR count). The number of aliphatic hydroxyl groups is 2. The lowest BCUT2D eigenvalue weighted by Crippen LogP contribution is -2.50. The molecule has 5 heteroatoms. The third-order valence-corrected chi connectivity index (χ3v) is 8.21. The fraction of sp³-hybridized carbons (Fsp3) is 0.731. The van der Waals surface area contributed by atoms with Crippen molar-refractivity contribution < 1.29 is 24.6 Å². The zero-order valence-electron chi connectivity index (χ0n) is 20.3.